The Morgan fingerprint density at radius 1 is 1.38 bits per heavy atom. The second-order valence-corrected chi connectivity index (χ2v) is 5.11. The summed E-state index contributed by atoms with van der Waals surface area (Å²) in [6, 6.07) is 0.343. The first-order valence-electron chi connectivity index (χ1n) is 6.41. The minimum atomic E-state index is 0.320. The monoisotopic (exact) mass is 219 g/mol. The number of hydrogen-bond acceptors (Lipinski definition) is 1. The van der Waals surface area contributed by atoms with Crippen LogP contribution in [0.1, 0.15) is 46.0 Å². The van der Waals surface area contributed by atoms with Crippen LogP contribution in [0.5, 0.6) is 0 Å². The molecule has 0 aliphatic heterocycles. The fourth-order valence-electron chi connectivity index (χ4n) is 2.04. The van der Waals surface area contributed by atoms with Crippen LogP contribution in [0.4, 0.5) is 0 Å². The molecule has 2 N–H and O–H groups in total. The van der Waals surface area contributed by atoms with Crippen molar-refractivity contribution in [2.24, 2.45) is 11.1 Å². The maximum atomic E-state index is 5.96. The molecule has 2 unspecified atom stereocenters. The fourth-order valence-corrected chi connectivity index (χ4v) is 2.04. The maximum Gasteiger partial charge on any atom is 0.00733 e. The van der Waals surface area contributed by atoms with Gasteiger partial charge in [0.2, 0.25) is 0 Å². The highest BCUT2D eigenvalue weighted by Crippen LogP contribution is 2.31. The second kappa shape index (κ2) is 6.70. The van der Waals surface area contributed by atoms with E-state index in [1.165, 1.54) is 6.42 Å². The molecule has 16 heavy (non-hydrogen) atoms. The average molecular weight is 219 g/mol. The summed E-state index contributed by atoms with van der Waals surface area (Å²) in [6.45, 7) is 4.49. The van der Waals surface area contributed by atoms with Gasteiger partial charge in [0.1, 0.15) is 0 Å². The summed E-state index contributed by atoms with van der Waals surface area (Å²) in [5, 5.41) is 0. The minimum Gasteiger partial charge on any atom is -0.327 e. The van der Waals surface area contributed by atoms with E-state index >= 15 is 0 Å². The number of hydrogen-bond donors (Lipinski definition) is 1. The highest BCUT2D eigenvalue weighted by molar-refractivity contribution is 5.16. The van der Waals surface area contributed by atoms with E-state index in [-0.39, 0.29) is 0 Å². The van der Waals surface area contributed by atoms with Crippen molar-refractivity contribution in [1.82, 2.24) is 0 Å². The third-order valence-corrected chi connectivity index (χ3v) is 3.18. The zero-order chi connectivity index (χ0) is 11.9. The summed E-state index contributed by atoms with van der Waals surface area (Å²) in [5.41, 5.74) is 6.28. The van der Waals surface area contributed by atoms with Crippen LogP contribution in [-0.2, 0) is 0 Å². The standard InChI is InChI=1S/C15H25N/c1-3-9-14(16)10-5-8-13-15(2)11-6-4-7-12-15/h4-8,11,14H,3,9-10,12-13,16H2,1-2H3/b8-5+. The molecule has 0 spiro atoms. The molecule has 0 saturated carbocycles. The molecule has 2 atom stereocenters. The van der Waals surface area contributed by atoms with Crippen molar-refractivity contribution in [2.75, 3.05) is 0 Å². The summed E-state index contributed by atoms with van der Waals surface area (Å²) >= 11 is 0. The van der Waals surface area contributed by atoms with Gasteiger partial charge in [-0.3, -0.25) is 0 Å². The van der Waals surface area contributed by atoms with Gasteiger partial charge >= 0.3 is 0 Å². The molecule has 0 aromatic carbocycles. The van der Waals surface area contributed by atoms with Gasteiger partial charge in [0.15, 0.2) is 0 Å². The van der Waals surface area contributed by atoms with Gasteiger partial charge in [-0.2, -0.15) is 0 Å². The van der Waals surface area contributed by atoms with Crippen molar-refractivity contribution < 1.29 is 0 Å². The van der Waals surface area contributed by atoms with Crippen LogP contribution in [0, 0.1) is 5.41 Å². The summed E-state index contributed by atoms with van der Waals surface area (Å²) < 4.78 is 0. The molecular formula is C15H25N. The highest BCUT2D eigenvalue weighted by Gasteiger charge is 2.18. The quantitative estimate of drug-likeness (QED) is 0.672. The van der Waals surface area contributed by atoms with Crippen molar-refractivity contribution in [1.29, 1.82) is 0 Å². The molecule has 1 aliphatic carbocycles. The van der Waals surface area contributed by atoms with Crippen LogP contribution in [0.25, 0.3) is 0 Å². The average Bonchev–Trinajstić information content (AvgIpc) is 2.26. The molecule has 1 heteroatoms. The summed E-state index contributed by atoms with van der Waals surface area (Å²) in [5.74, 6) is 0. The maximum absolute atomic E-state index is 5.96. The Balaban J connectivity index is 2.26. The van der Waals surface area contributed by atoms with Crippen LogP contribution in [-0.4, -0.2) is 6.04 Å². The molecule has 0 heterocycles. The predicted molar refractivity (Wildman–Crippen MR) is 72.3 cm³/mol. The summed E-state index contributed by atoms with van der Waals surface area (Å²) in [4.78, 5) is 0. The molecule has 0 saturated heterocycles. The van der Waals surface area contributed by atoms with E-state index in [9.17, 15) is 0 Å². The van der Waals surface area contributed by atoms with E-state index in [1.807, 2.05) is 0 Å². The lowest BCUT2D eigenvalue weighted by Crippen LogP contribution is -2.18. The molecule has 1 aliphatic rings. The van der Waals surface area contributed by atoms with E-state index in [4.69, 9.17) is 5.73 Å². The molecule has 0 fully saturated rings. The zero-order valence-corrected chi connectivity index (χ0v) is 10.7. The van der Waals surface area contributed by atoms with Gasteiger partial charge in [0, 0.05) is 6.04 Å². The van der Waals surface area contributed by atoms with Crippen molar-refractivity contribution in [3.63, 3.8) is 0 Å². The van der Waals surface area contributed by atoms with Crippen LogP contribution in [0.15, 0.2) is 36.5 Å². The fraction of sp³-hybridized carbons (Fsp3) is 0.600. The first kappa shape index (κ1) is 13.2. The predicted octanol–water partition coefficient (Wildman–Crippen LogP) is 3.97. The molecule has 0 radical (unpaired) electrons. The van der Waals surface area contributed by atoms with Crippen molar-refractivity contribution in [2.45, 2.75) is 52.0 Å². The molecule has 0 amide bonds. The van der Waals surface area contributed by atoms with Crippen molar-refractivity contribution >= 4 is 0 Å². The Morgan fingerprint density at radius 2 is 2.19 bits per heavy atom. The van der Waals surface area contributed by atoms with E-state index in [1.54, 1.807) is 0 Å². The minimum absolute atomic E-state index is 0.320. The SMILES string of the molecule is CCCC(N)C/C=C/CC1(C)C=CC=CC1. The molecule has 90 valence electrons. The van der Waals surface area contributed by atoms with E-state index in [0.717, 1.165) is 25.7 Å². The molecular weight excluding hydrogens is 194 g/mol. The van der Waals surface area contributed by atoms with Gasteiger partial charge in [-0.05, 0) is 31.1 Å². The van der Waals surface area contributed by atoms with Gasteiger partial charge in [-0.15, -0.1) is 0 Å². The Bertz CT molecular complexity index is 275. The van der Waals surface area contributed by atoms with E-state index in [0.29, 0.717) is 11.5 Å². The first-order valence-corrected chi connectivity index (χ1v) is 6.41. The molecule has 1 rings (SSSR count). The number of allylic oxidation sites excluding steroid dienone is 5. The first-order chi connectivity index (χ1) is 7.66. The van der Waals surface area contributed by atoms with Gasteiger partial charge in [-0.25, -0.2) is 0 Å². The highest BCUT2D eigenvalue weighted by atomic mass is 14.6. The van der Waals surface area contributed by atoms with E-state index < -0.39 is 0 Å². The van der Waals surface area contributed by atoms with Crippen LogP contribution in [0.3, 0.4) is 0 Å². The molecule has 0 aromatic heterocycles. The Morgan fingerprint density at radius 3 is 2.81 bits per heavy atom. The van der Waals surface area contributed by atoms with Gasteiger partial charge in [-0.1, -0.05) is 56.7 Å². The Labute approximate surface area is 100 Å². The van der Waals surface area contributed by atoms with Gasteiger partial charge in [0.25, 0.3) is 0 Å². The van der Waals surface area contributed by atoms with Gasteiger partial charge in [0.05, 0.1) is 0 Å². The third kappa shape index (κ3) is 4.80. The topological polar surface area (TPSA) is 26.0 Å². The number of nitrogens with two attached hydrogens (primary N) is 1. The van der Waals surface area contributed by atoms with Crippen LogP contribution >= 0.6 is 0 Å². The van der Waals surface area contributed by atoms with E-state index in [2.05, 4.69) is 50.3 Å². The van der Waals surface area contributed by atoms with Crippen molar-refractivity contribution in [3.05, 3.63) is 36.5 Å². The number of rotatable bonds is 6. The Hall–Kier alpha value is -0.820. The third-order valence-electron chi connectivity index (χ3n) is 3.18. The molecule has 0 aromatic rings. The van der Waals surface area contributed by atoms with Crippen molar-refractivity contribution in [3.8, 4) is 0 Å². The lowest BCUT2D eigenvalue weighted by atomic mass is 9.80. The van der Waals surface area contributed by atoms with Crippen LogP contribution in [0.2, 0.25) is 0 Å². The largest absolute Gasteiger partial charge is 0.327 e. The Kier molecular flexibility index (Phi) is 5.54. The second-order valence-electron chi connectivity index (χ2n) is 5.11. The smallest absolute Gasteiger partial charge is 0.00733 e. The van der Waals surface area contributed by atoms with Gasteiger partial charge < -0.3 is 5.73 Å². The summed E-state index contributed by atoms with van der Waals surface area (Å²) in [7, 11) is 0. The van der Waals surface area contributed by atoms with Crippen LogP contribution < -0.4 is 5.73 Å². The molecule has 0 bridgehead atoms. The zero-order valence-electron chi connectivity index (χ0n) is 10.7. The molecule has 1 nitrogen and oxygen atoms in total. The lowest BCUT2D eigenvalue weighted by Gasteiger charge is -2.24. The lowest BCUT2D eigenvalue weighted by molar-refractivity contribution is 0.435. The summed E-state index contributed by atoms with van der Waals surface area (Å²) in [6.07, 6.45) is 19.0. The normalized spacial score (nSPS) is 26.4.